The maximum absolute atomic E-state index is 12.0. The maximum Gasteiger partial charge on any atom is 0.169 e. The molecule has 1 aromatic carbocycles. The van der Waals surface area contributed by atoms with Crippen molar-refractivity contribution in [1.29, 1.82) is 0 Å². The van der Waals surface area contributed by atoms with Gasteiger partial charge in [-0.2, -0.15) is 0 Å². The van der Waals surface area contributed by atoms with Gasteiger partial charge >= 0.3 is 0 Å². The molecule has 1 aromatic heterocycles. The van der Waals surface area contributed by atoms with Crippen LogP contribution in [0.25, 0.3) is 0 Å². The highest BCUT2D eigenvalue weighted by Crippen LogP contribution is 2.24. The molecule has 0 radical (unpaired) electrons. The van der Waals surface area contributed by atoms with Crippen LogP contribution in [0.5, 0.6) is 5.75 Å². The van der Waals surface area contributed by atoms with Crippen molar-refractivity contribution in [3.05, 3.63) is 51.2 Å². The van der Waals surface area contributed by atoms with Crippen LogP contribution in [-0.2, 0) is 6.42 Å². The number of thiophene rings is 1. The fraction of sp³-hybridized carbons (Fsp3) is 0.154. The van der Waals surface area contributed by atoms with Crippen LogP contribution < -0.4 is 4.74 Å². The number of carbonyl (C=O) groups is 1. The third kappa shape index (κ3) is 2.87. The number of rotatable bonds is 4. The van der Waals surface area contributed by atoms with Crippen LogP contribution in [0.2, 0.25) is 5.02 Å². The Labute approximate surface area is 109 Å². The Morgan fingerprint density at radius 3 is 2.82 bits per heavy atom. The first-order valence-corrected chi connectivity index (χ1v) is 6.35. The molecule has 17 heavy (non-hydrogen) atoms. The average molecular weight is 267 g/mol. The molecular weight excluding hydrogens is 256 g/mol. The number of hydrogen-bond donors (Lipinski definition) is 0. The lowest BCUT2D eigenvalue weighted by Crippen LogP contribution is -2.03. The molecule has 2 nitrogen and oxygen atoms in total. The Bertz CT molecular complexity index is 520. The Balaban J connectivity index is 2.19. The molecule has 0 atom stereocenters. The van der Waals surface area contributed by atoms with Gasteiger partial charge in [0.25, 0.3) is 0 Å². The summed E-state index contributed by atoms with van der Waals surface area (Å²) in [7, 11) is 1.57. The summed E-state index contributed by atoms with van der Waals surface area (Å²) in [6.07, 6.45) is 0.393. The van der Waals surface area contributed by atoms with Crippen LogP contribution in [0.1, 0.15) is 15.2 Å². The lowest BCUT2D eigenvalue weighted by atomic mass is 10.1. The minimum absolute atomic E-state index is 0.0279. The zero-order valence-electron chi connectivity index (χ0n) is 9.27. The fourth-order valence-electron chi connectivity index (χ4n) is 1.52. The molecule has 4 heteroatoms. The maximum atomic E-state index is 12.0. The topological polar surface area (TPSA) is 26.3 Å². The summed E-state index contributed by atoms with van der Waals surface area (Å²) in [4.78, 5) is 13.1. The molecule has 0 aliphatic heterocycles. The van der Waals surface area contributed by atoms with Crippen molar-refractivity contribution in [2.24, 2.45) is 0 Å². The Morgan fingerprint density at radius 1 is 1.41 bits per heavy atom. The minimum Gasteiger partial charge on any atom is -0.497 e. The molecule has 0 spiro atoms. The van der Waals surface area contributed by atoms with Gasteiger partial charge in [0.15, 0.2) is 5.78 Å². The first-order chi connectivity index (χ1) is 8.20. The van der Waals surface area contributed by atoms with Crippen molar-refractivity contribution in [1.82, 2.24) is 0 Å². The molecule has 0 unspecified atom stereocenters. The number of carbonyl (C=O) groups excluding carboxylic acids is 1. The zero-order valence-corrected chi connectivity index (χ0v) is 10.8. The molecule has 0 aliphatic rings. The lowest BCUT2D eigenvalue weighted by molar-refractivity contribution is 0.0994. The summed E-state index contributed by atoms with van der Waals surface area (Å²) in [5.41, 5.74) is 0.542. The van der Waals surface area contributed by atoms with Crippen LogP contribution >= 0.6 is 22.9 Å². The molecule has 0 saturated carbocycles. The van der Waals surface area contributed by atoms with Gasteiger partial charge in [0.1, 0.15) is 5.75 Å². The molecule has 0 N–H and O–H groups in total. The predicted octanol–water partition coefficient (Wildman–Crippen LogP) is 3.84. The quantitative estimate of drug-likeness (QED) is 0.786. The van der Waals surface area contributed by atoms with E-state index in [9.17, 15) is 4.79 Å². The summed E-state index contributed by atoms with van der Waals surface area (Å²) in [5.74, 6) is 0.683. The second kappa shape index (κ2) is 5.34. The molecule has 0 bridgehead atoms. The molecule has 0 aliphatic carbocycles. The van der Waals surface area contributed by atoms with Gasteiger partial charge in [-0.1, -0.05) is 17.7 Å². The van der Waals surface area contributed by atoms with E-state index in [0.29, 0.717) is 22.8 Å². The standard InChI is InChI=1S/C13H11ClO2S/c1-16-9-4-5-11(12(14)7-9)13(15)8-10-3-2-6-17-10/h2-7H,8H2,1H3. The van der Waals surface area contributed by atoms with E-state index in [0.717, 1.165) is 4.88 Å². The summed E-state index contributed by atoms with van der Waals surface area (Å²) in [6.45, 7) is 0. The van der Waals surface area contributed by atoms with Gasteiger partial charge in [-0.15, -0.1) is 11.3 Å². The first-order valence-electron chi connectivity index (χ1n) is 5.10. The molecular formula is C13H11ClO2S. The second-order valence-electron chi connectivity index (χ2n) is 3.53. The van der Waals surface area contributed by atoms with E-state index < -0.39 is 0 Å². The summed E-state index contributed by atoms with van der Waals surface area (Å²) < 4.78 is 5.04. The van der Waals surface area contributed by atoms with Gasteiger partial charge in [0.05, 0.1) is 12.1 Å². The van der Waals surface area contributed by atoms with Crippen LogP contribution in [0.4, 0.5) is 0 Å². The highest BCUT2D eigenvalue weighted by atomic mass is 35.5. The third-order valence-corrected chi connectivity index (χ3v) is 3.58. The number of methoxy groups -OCH3 is 1. The molecule has 88 valence electrons. The first kappa shape index (κ1) is 12.1. The van der Waals surface area contributed by atoms with E-state index >= 15 is 0 Å². The molecule has 0 amide bonds. The average Bonchev–Trinajstić information content (AvgIpc) is 2.81. The van der Waals surface area contributed by atoms with Crippen molar-refractivity contribution >= 4 is 28.7 Å². The Hall–Kier alpha value is -1.32. The largest absolute Gasteiger partial charge is 0.497 e. The fourth-order valence-corrected chi connectivity index (χ4v) is 2.49. The van der Waals surface area contributed by atoms with Gasteiger partial charge in [0.2, 0.25) is 0 Å². The van der Waals surface area contributed by atoms with Crippen molar-refractivity contribution in [2.75, 3.05) is 7.11 Å². The van der Waals surface area contributed by atoms with E-state index in [1.54, 1.807) is 36.6 Å². The summed E-state index contributed by atoms with van der Waals surface area (Å²) in [5, 5.41) is 2.39. The normalized spacial score (nSPS) is 10.2. The number of Topliss-reactive ketones (excluding diaryl/α,β-unsaturated/α-hetero) is 1. The van der Waals surface area contributed by atoms with Crippen molar-refractivity contribution in [3.8, 4) is 5.75 Å². The van der Waals surface area contributed by atoms with E-state index in [-0.39, 0.29) is 5.78 Å². The van der Waals surface area contributed by atoms with Crippen LogP contribution in [-0.4, -0.2) is 12.9 Å². The number of benzene rings is 1. The number of hydrogen-bond acceptors (Lipinski definition) is 3. The van der Waals surface area contributed by atoms with E-state index in [1.807, 2.05) is 17.5 Å². The predicted molar refractivity (Wildman–Crippen MR) is 70.4 cm³/mol. The van der Waals surface area contributed by atoms with Crippen LogP contribution in [0.15, 0.2) is 35.7 Å². The lowest BCUT2D eigenvalue weighted by Gasteiger charge is -2.05. The van der Waals surface area contributed by atoms with Gasteiger partial charge in [-0.05, 0) is 29.6 Å². The molecule has 0 saturated heterocycles. The Kier molecular flexibility index (Phi) is 3.82. The monoisotopic (exact) mass is 266 g/mol. The summed E-state index contributed by atoms with van der Waals surface area (Å²) >= 11 is 7.62. The minimum atomic E-state index is 0.0279. The van der Waals surface area contributed by atoms with Gasteiger partial charge < -0.3 is 4.74 Å². The molecule has 2 aromatic rings. The Morgan fingerprint density at radius 2 is 2.24 bits per heavy atom. The zero-order chi connectivity index (χ0) is 12.3. The van der Waals surface area contributed by atoms with Gasteiger partial charge in [0, 0.05) is 16.9 Å². The third-order valence-electron chi connectivity index (χ3n) is 2.39. The van der Waals surface area contributed by atoms with Crippen molar-refractivity contribution in [2.45, 2.75) is 6.42 Å². The van der Waals surface area contributed by atoms with E-state index in [1.165, 1.54) is 0 Å². The molecule has 0 fully saturated rings. The SMILES string of the molecule is COc1ccc(C(=O)Cc2cccs2)c(Cl)c1. The smallest absolute Gasteiger partial charge is 0.169 e. The summed E-state index contributed by atoms with van der Waals surface area (Å²) in [6, 6.07) is 8.98. The highest BCUT2D eigenvalue weighted by Gasteiger charge is 2.12. The van der Waals surface area contributed by atoms with E-state index in [2.05, 4.69) is 0 Å². The van der Waals surface area contributed by atoms with E-state index in [4.69, 9.17) is 16.3 Å². The second-order valence-corrected chi connectivity index (χ2v) is 4.96. The van der Waals surface area contributed by atoms with Crippen LogP contribution in [0, 0.1) is 0 Å². The molecule has 2 rings (SSSR count). The number of ether oxygens (including phenoxy) is 1. The molecule has 1 heterocycles. The van der Waals surface area contributed by atoms with Gasteiger partial charge in [-0.3, -0.25) is 4.79 Å². The number of halogens is 1. The highest BCUT2D eigenvalue weighted by molar-refractivity contribution is 7.10. The van der Waals surface area contributed by atoms with Gasteiger partial charge in [-0.25, -0.2) is 0 Å². The van der Waals surface area contributed by atoms with Crippen molar-refractivity contribution in [3.63, 3.8) is 0 Å². The van der Waals surface area contributed by atoms with Crippen molar-refractivity contribution < 1.29 is 9.53 Å². The number of ketones is 1. The van der Waals surface area contributed by atoms with Crippen LogP contribution in [0.3, 0.4) is 0 Å².